The summed E-state index contributed by atoms with van der Waals surface area (Å²) in [6.07, 6.45) is 1.50. The summed E-state index contributed by atoms with van der Waals surface area (Å²) in [5.74, 6) is -3.91. The monoisotopic (exact) mass is 467 g/mol. The molecule has 0 spiro atoms. The van der Waals surface area contributed by atoms with Crippen molar-refractivity contribution in [3.63, 3.8) is 0 Å². The molecule has 0 fully saturated rings. The van der Waals surface area contributed by atoms with E-state index >= 15 is 0 Å². The van der Waals surface area contributed by atoms with Gasteiger partial charge >= 0.3 is 0 Å². The van der Waals surface area contributed by atoms with Gasteiger partial charge in [0, 0.05) is 23.4 Å². The molecule has 1 aromatic carbocycles. The molecule has 8 nitrogen and oxygen atoms in total. The van der Waals surface area contributed by atoms with E-state index in [4.69, 9.17) is 0 Å². The van der Waals surface area contributed by atoms with Crippen LogP contribution >= 0.6 is 11.5 Å². The molecule has 1 aromatic heterocycles. The number of halogens is 1. The van der Waals surface area contributed by atoms with Crippen molar-refractivity contribution in [2.24, 2.45) is 11.8 Å². The van der Waals surface area contributed by atoms with Gasteiger partial charge in [0.25, 0.3) is 5.91 Å². The summed E-state index contributed by atoms with van der Waals surface area (Å²) in [6, 6.07) is 3.12. The van der Waals surface area contributed by atoms with Gasteiger partial charge in [-0.05, 0) is 53.7 Å². The molecule has 2 atom stereocenters. The third-order valence-corrected chi connectivity index (χ3v) is 7.36. The van der Waals surface area contributed by atoms with E-state index in [1.54, 1.807) is 20.0 Å². The predicted molar refractivity (Wildman–Crippen MR) is 111 cm³/mol. The Morgan fingerprint density at radius 2 is 1.97 bits per heavy atom. The van der Waals surface area contributed by atoms with Crippen molar-refractivity contribution in [2.45, 2.75) is 44.2 Å². The molecule has 2 heterocycles. The van der Waals surface area contributed by atoms with E-state index in [9.17, 15) is 27.2 Å². The molecule has 0 aliphatic carbocycles. The zero-order valence-corrected chi connectivity index (χ0v) is 18.6. The van der Waals surface area contributed by atoms with Crippen molar-refractivity contribution in [2.75, 3.05) is 0 Å². The summed E-state index contributed by atoms with van der Waals surface area (Å²) in [7, 11) is -4.09. The maximum absolute atomic E-state index is 13.1. The van der Waals surface area contributed by atoms with Gasteiger partial charge < -0.3 is 5.32 Å². The zero-order chi connectivity index (χ0) is 22.8. The van der Waals surface area contributed by atoms with Gasteiger partial charge in [0.1, 0.15) is 5.82 Å². The SMILES string of the molecule is CC(C)C(NS(=O)(=O)c1ccc(F)cc1)C(=O)CC1Cc2cnsc2CNC(=O)C1=O. The number of ketones is 2. The summed E-state index contributed by atoms with van der Waals surface area (Å²) in [5, 5.41) is 2.52. The molecule has 3 rings (SSSR count). The van der Waals surface area contributed by atoms with Gasteiger partial charge in [-0.3, -0.25) is 14.4 Å². The molecular formula is C20H22FN3O5S2. The number of carbonyl (C=O) groups is 3. The number of amides is 1. The molecule has 31 heavy (non-hydrogen) atoms. The Bertz CT molecular complexity index is 1100. The number of hydrogen-bond acceptors (Lipinski definition) is 7. The first-order valence-corrected chi connectivity index (χ1v) is 11.9. The van der Waals surface area contributed by atoms with Gasteiger partial charge in [-0.25, -0.2) is 21.9 Å². The largest absolute Gasteiger partial charge is 0.345 e. The molecule has 0 saturated heterocycles. The highest BCUT2D eigenvalue weighted by Gasteiger charge is 2.35. The standard InChI is InChI=1S/C20H22FN3O5S2/c1-11(2)18(24-31(28,29)15-5-3-14(21)4-6-15)16(25)8-12-7-13-9-23-30-17(13)10-22-20(27)19(12)26/h3-6,9,11-12,18,24H,7-8,10H2,1-2H3,(H,22,27). The Morgan fingerprint density at radius 1 is 1.29 bits per heavy atom. The van der Waals surface area contributed by atoms with Crippen molar-refractivity contribution in [1.29, 1.82) is 0 Å². The predicted octanol–water partition coefficient (Wildman–Crippen LogP) is 1.60. The Kier molecular flexibility index (Phi) is 6.97. The Morgan fingerprint density at radius 3 is 2.61 bits per heavy atom. The maximum Gasteiger partial charge on any atom is 0.287 e. The van der Waals surface area contributed by atoms with Crippen LogP contribution in [0, 0.1) is 17.7 Å². The van der Waals surface area contributed by atoms with Crippen LogP contribution < -0.4 is 10.0 Å². The highest BCUT2D eigenvalue weighted by Crippen LogP contribution is 2.24. The van der Waals surface area contributed by atoms with E-state index in [2.05, 4.69) is 14.4 Å². The molecule has 2 N–H and O–H groups in total. The third-order valence-electron chi connectivity index (χ3n) is 5.07. The van der Waals surface area contributed by atoms with Crippen LogP contribution in [-0.4, -0.2) is 36.3 Å². The first-order chi connectivity index (χ1) is 14.6. The van der Waals surface area contributed by atoms with E-state index < -0.39 is 51.2 Å². The minimum Gasteiger partial charge on any atom is -0.345 e. The summed E-state index contributed by atoms with van der Waals surface area (Å²) >= 11 is 1.21. The number of nitrogens with zero attached hydrogens (tertiary/aromatic N) is 1. The lowest BCUT2D eigenvalue weighted by molar-refractivity contribution is -0.141. The van der Waals surface area contributed by atoms with E-state index in [0.717, 1.165) is 34.7 Å². The van der Waals surface area contributed by atoms with Crippen LogP contribution in [0.2, 0.25) is 0 Å². The summed E-state index contributed by atoms with van der Waals surface area (Å²) in [5.41, 5.74) is 0.782. The second-order valence-corrected chi connectivity index (χ2v) is 10.3. The van der Waals surface area contributed by atoms with E-state index in [0.29, 0.717) is 0 Å². The first kappa shape index (κ1) is 23.2. The highest BCUT2D eigenvalue weighted by atomic mass is 32.2. The number of Topliss-reactive ketones (excluding diaryl/α,β-unsaturated/α-hetero) is 2. The highest BCUT2D eigenvalue weighted by molar-refractivity contribution is 7.89. The van der Waals surface area contributed by atoms with Gasteiger partial charge in [-0.15, -0.1) is 0 Å². The Balaban J connectivity index is 1.80. The van der Waals surface area contributed by atoms with Gasteiger partial charge in [0.15, 0.2) is 5.78 Å². The van der Waals surface area contributed by atoms with Crippen LogP contribution in [0.25, 0.3) is 0 Å². The molecule has 1 aliphatic rings. The third kappa shape index (κ3) is 5.41. The lowest BCUT2D eigenvalue weighted by Crippen LogP contribution is -2.46. The molecule has 1 amide bonds. The molecule has 2 aromatic rings. The van der Waals surface area contributed by atoms with Crippen molar-refractivity contribution < 1.29 is 27.2 Å². The molecule has 1 aliphatic heterocycles. The van der Waals surface area contributed by atoms with Crippen molar-refractivity contribution in [1.82, 2.24) is 14.4 Å². The van der Waals surface area contributed by atoms with Crippen molar-refractivity contribution in [3.8, 4) is 0 Å². The number of fused-ring (bicyclic) bond motifs is 1. The average molecular weight is 468 g/mol. The second-order valence-electron chi connectivity index (χ2n) is 7.69. The molecule has 11 heteroatoms. The normalized spacial score (nSPS) is 18.1. The number of hydrogen-bond donors (Lipinski definition) is 2. The van der Waals surface area contributed by atoms with Crippen molar-refractivity contribution >= 4 is 39.0 Å². The first-order valence-electron chi connectivity index (χ1n) is 9.63. The zero-order valence-electron chi connectivity index (χ0n) is 16.9. The molecule has 166 valence electrons. The Labute approximate surface area is 183 Å². The van der Waals surface area contributed by atoms with Gasteiger partial charge in [-0.2, -0.15) is 0 Å². The fourth-order valence-corrected chi connectivity index (χ4v) is 5.41. The molecule has 0 radical (unpaired) electrons. The van der Waals surface area contributed by atoms with E-state index in [-0.39, 0.29) is 24.3 Å². The fraction of sp³-hybridized carbons (Fsp3) is 0.400. The number of rotatable bonds is 7. The summed E-state index contributed by atoms with van der Waals surface area (Å²) in [6.45, 7) is 3.55. The van der Waals surface area contributed by atoms with Gasteiger partial charge in [-0.1, -0.05) is 13.8 Å². The van der Waals surface area contributed by atoms with Crippen LogP contribution in [0.1, 0.15) is 30.7 Å². The number of sulfonamides is 1. The smallest absolute Gasteiger partial charge is 0.287 e. The Hall–Kier alpha value is -2.50. The molecule has 2 unspecified atom stereocenters. The minimum absolute atomic E-state index is 0.178. The van der Waals surface area contributed by atoms with Gasteiger partial charge in [0.05, 0.1) is 17.5 Å². The second kappa shape index (κ2) is 9.33. The van der Waals surface area contributed by atoms with Crippen molar-refractivity contribution in [3.05, 3.63) is 46.7 Å². The molecule has 0 saturated carbocycles. The van der Waals surface area contributed by atoms with E-state index in [1.165, 1.54) is 11.5 Å². The fourth-order valence-electron chi connectivity index (χ4n) is 3.35. The number of aromatic nitrogens is 1. The lowest BCUT2D eigenvalue weighted by Gasteiger charge is -2.24. The molecule has 0 bridgehead atoms. The number of benzene rings is 1. The quantitative estimate of drug-likeness (QED) is 0.597. The van der Waals surface area contributed by atoms with Crippen LogP contribution in [0.5, 0.6) is 0 Å². The number of nitrogens with one attached hydrogen (secondary N) is 2. The lowest BCUT2D eigenvalue weighted by atomic mass is 9.86. The average Bonchev–Trinajstić information content (AvgIpc) is 3.15. The van der Waals surface area contributed by atoms with Crippen LogP contribution in [0.15, 0.2) is 35.4 Å². The summed E-state index contributed by atoms with van der Waals surface area (Å²) < 4.78 is 44.9. The minimum atomic E-state index is -4.09. The van der Waals surface area contributed by atoms with Crippen LogP contribution in [0.4, 0.5) is 4.39 Å². The maximum atomic E-state index is 13.1. The van der Waals surface area contributed by atoms with Crippen LogP contribution in [-0.2, 0) is 37.4 Å². The van der Waals surface area contributed by atoms with Crippen LogP contribution in [0.3, 0.4) is 0 Å². The van der Waals surface area contributed by atoms with E-state index in [1.807, 2.05) is 0 Å². The summed E-state index contributed by atoms with van der Waals surface area (Å²) in [4.78, 5) is 38.3. The van der Waals surface area contributed by atoms with Gasteiger partial charge in [0.2, 0.25) is 15.8 Å². The number of carbonyl (C=O) groups excluding carboxylic acids is 3. The molecular weight excluding hydrogens is 445 g/mol. The topological polar surface area (TPSA) is 122 Å².